The summed E-state index contributed by atoms with van der Waals surface area (Å²) in [6.45, 7) is 8.87. The fourth-order valence-electron chi connectivity index (χ4n) is 3.83. The molecule has 0 aliphatic rings. The molecule has 3 heterocycles. The van der Waals surface area contributed by atoms with E-state index in [-0.39, 0.29) is 18.1 Å². The van der Waals surface area contributed by atoms with Crippen LogP contribution in [-0.2, 0) is 23.8 Å². The van der Waals surface area contributed by atoms with Crippen LogP contribution in [0.2, 0.25) is 0 Å². The molecule has 0 aliphatic carbocycles. The van der Waals surface area contributed by atoms with Gasteiger partial charge in [0.25, 0.3) is 5.56 Å². The van der Waals surface area contributed by atoms with Gasteiger partial charge in [-0.05, 0) is 64.8 Å². The Morgan fingerprint density at radius 3 is 2.39 bits per heavy atom. The van der Waals surface area contributed by atoms with Gasteiger partial charge in [-0.2, -0.15) is 13.5 Å². The molecule has 3 aromatic heterocycles. The molecule has 0 saturated heterocycles. The topological polar surface area (TPSA) is 149 Å². The molecule has 0 aliphatic heterocycles. The Morgan fingerprint density at radius 1 is 1.07 bits per heavy atom. The third-order valence-electron chi connectivity index (χ3n) is 5.87. The van der Waals surface area contributed by atoms with Gasteiger partial charge in [0.1, 0.15) is 18.8 Å². The number of aromatic nitrogens is 4. The van der Waals surface area contributed by atoms with E-state index in [0.29, 0.717) is 21.5 Å². The predicted molar refractivity (Wildman–Crippen MR) is 147 cm³/mol. The summed E-state index contributed by atoms with van der Waals surface area (Å²) in [6.07, 6.45) is 0.558. The molecular formula is C27H33F2N7O5. The largest absolute Gasteiger partial charge is 0.414 e. The SMILES string of the molecule is Cc1cc(OC(=O)NC(C)(C)C)nc(C)c1CNC(=O)Cn1c(C)cc(=O)n(NCC(F)(F)c2ccccn2)c1=O. The van der Waals surface area contributed by atoms with Crippen LogP contribution in [0.1, 0.15) is 49.0 Å². The van der Waals surface area contributed by atoms with E-state index >= 15 is 0 Å². The molecule has 0 unspecified atom stereocenters. The fourth-order valence-corrected chi connectivity index (χ4v) is 3.83. The second kappa shape index (κ2) is 12.3. The van der Waals surface area contributed by atoms with Crippen molar-refractivity contribution in [3.63, 3.8) is 0 Å². The molecule has 0 saturated carbocycles. The number of carbonyl (C=O) groups is 2. The smallest absolute Gasteiger partial charge is 0.391 e. The maximum atomic E-state index is 14.5. The highest BCUT2D eigenvalue weighted by Gasteiger charge is 2.33. The van der Waals surface area contributed by atoms with E-state index in [1.165, 1.54) is 25.3 Å². The zero-order chi connectivity index (χ0) is 30.5. The van der Waals surface area contributed by atoms with E-state index in [0.717, 1.165) is 16.7 Å². The zero-order valence-corrected chi connectivity index (χ0v) is 23.7. The van der Waals surface area contributed by atoms with E-state index in [1.54, 1.807) is 19.9 Å². The highest BCUT2D eigenvalue weighted by molar-refractivity contribution is 5.76. The van der Waals surface area contributed by atoms with Crippen molar-refractivity contribution in [2.24, 2.45) is 0 Å². The fraction of sp³-hybridized carbons (Fsp3) is 0.407. The lowest BCUT2D eigenvalue weighted by Gasteiger charge is -2.20. The van der Waals surface area contributed by atoms with Crippen LogP contribution in [0.25, 0.3) is 0 Å². The lowest BCUT2D eigenvalue weighted by atomic mass is 10.1. The second-order valence-electron chi connectivity index (χ2n) is 10.5. The van der Waals surface area contributed by atoms with Crippen molar-refractivity contribution in [1.82, 2.24) is 29.8 Å². The minimum Gasteiger partial charge on any atom is -0.391 e. The number of rotatable bonds is 9. The van der Waals surface area contributed by atoms with E-state index in [4.69, 9.17) is 4.74 Å². The molecule has 12 nitrogen and oxygen atoms in total. The van der Waals surface area contributed by atoms with E-state index in [2.05, 4.69) is 26.0 Å². The highest BCUT2D eigenvalue weighted by Crippen LogP contribution is 2.24. The average molecular weight is 574 g/mol. The molecule has 3 aromatic rings. The maximum Gasteiger partial charge on any atom is 0.414 e. The molecule has 2 amide bonds. The van der Waals surface area contributed by atoms with Gasteiger partial charge < -0.3 is 20.8 Å². The van der Waals surface area contributed by atoms with Gasteiger partial charge in [-0.1, -0.05) is 6.07 Å². The van der Waals surface area contributed by atoms with E-state index < -0.39 is 53.5 Å². The summed E-state index contributed by atoms with van der Waals surface area (Å²) < 4.78 is 35.7. The molecule has 0 bridgehead atoms. The van der Waals surface area contributed by atoms with Crippen molar-refractivity contribution in [1.29, 1.82) is 0 Å². The number of alkyl halides is 2. The minimum atomic E-state index is -3.47. The van der Waals surface area contributed by atoms with Gasteiger partial charge in [-0.15, -0.1) is 0 Å². The van der Waals surface area contributed by atoms with Gasteiger partial charge in [0.05, 0.1) is 0 Å². The zero-order valence-electron chi connectivity index (χ0n) is 23.7. The van der Waals surface area contributed by atoms with Crippen LogP contribution in [0.3, 0.4) is 0 Å². The lowest BCUT2D eigenvalue weighted by molar-refractivity contribution is -0.121. The number of amides is 2. The first kappa shape index (κ1) is 30.9. The maximum absolute atomic E-state index is 14.5. The number of halogens is 2. The molecule has 0 fully saturated rings. The summed E-state index contributed by atoms with van der Waals surface area (Å²) in [5.74, 6) is -3.94. The van der Waals surface area contributed by atoms with Crippen molar-refractivity contribution in [2.45, 2.75) is 66.1 Å². The van der Waals surface area contributed by atoms with Crippen molar-refractivity contribution in [2.75, 3.05) is 12.0 Å². The normalized spacial score (nSPS) is 11.6. The second-order valence-corrected chi connectivity index (χ2v) is 10.5. The van der Waals surface area contributed by atoms with Crippen molar-refractivity contribution < 1.29 is 23.1 Å². The van der Waals surface area contributed by atoms with Crippen molar-refractivity contribution in [3.05, 3.63) is 85.6 Å². The van der Waals surface area contributed by atoms with Gasteiger partial charge in [-0.25, -0.2) is 14.6 Å². The Balaban J connectivity index is 1.69. The molecule has 0 spiro atoms. The Labute approximate surface area is 234 Å². The Bertz CT molecular complexity index is 1520. The molecule has 0 aromatic carbocycles. The number of pyridine rings is 2. The van der Waals surface area contributed by atoms with Crippen LogP contribution in [0.15, 0.2) is 46.1 Å². The highest BCUT2D eigenvalue weighted by atomic mass is 19.3. The van der Waals surface area contributed by atoms with Crippen LogP contribution < -0.4 is 32.0 Å². The van der Waals surface area contributed by atoms with E-state index in [9.17, 15) is 28.0 Å². The predicted octanol–water partition coefficient (Wildman–Crippen LogP) is 2.26. The Morgan fingerprint density at radius 2 is 1.78 bits per heavy atom. The minimum absolute atomic E-state index is 0.0555. The average Bonchev–Trinajstić information content (AvgIpc) is 2.85. The third kappa shape index (κ3) is 8.19. The van der Waals surface area contributed by atoms with Gasteiger partial charge in [0.15, 0.2) is 0 Å². The number of nitrogens with zero attached hydrogens (tertiary/aromatic N) is 4. The summed E-state index contributed by atoms with van der Waals surface area (Å²) in [4.78, 5) is 58.1. The molecular weight excluding hydrogens is 540 g/mol. The van der Waals surface area contributed by atoms with Crippen LogP contribution in [0, 0.1) is 20.8 Å². The first-order valence-electron chi connectivity index (χ1n) is 12.7. The number of carbonyl (C=O) groups excluding carboxylic acids is 2. The van der Waals surface area contributed by atoms with E-state index in [1.807, 2.05) is 20.8 Å². The standard InChI is InChI=1S/C27H33F2N7O5/c1-16-11-22(41-24(39)34-26(4,5)6)33-18(3)19(16)13-31-21(37)14-35-17(2)12-23(38)36(25(35)40)32-15-27(28,29)20-9-7-8-10-30-20/h7-12,32H,13-15H2,1-6H3,(H,31,37)(H,34,39). The van der Waals surface area contributed by atoms with Crippen LogP contribution in [0.5, 0.6) is 5.88 Å². The molecule has 41 heavy (non-hydrogen) atoms. The Kier molecular flexibility index (Phi) is 9.25. The van der Waals surface area contributed by atoms with Crippen LogP contribution in [0.4, 0.5) is 13.6 Å². The summed E-state index contributed by atoms with van der Waals surface area (Å²) in [6, 6.07) is 6.64. The lowest BCUT2D eigenvalue weighted by Crippen LogP contribution is -2.48. The quantitative estimate of drug-likeness (QED) is 0.353. The molecule has 3 rings (SSSR count). The van der Waals surface area contributed by atoms with Crippen molar-refractivity contribution in [3.8, 4) is 5.88 Å². The number of aryl methyl sites for hydroxylation is 3. The molecule has 0 radical (unpaired) electrons. The molecule has 3 N–H and O–H groups in total. The van der Waals surface area contributed by atoms with Crippen LogP contribution >= 0.6 is 0 Å². The van der Waals surface area contributed by atoms with Crippen LogP contribution in [-0.4, -0.2) is 43.3 Å². The number of hydrogen-bond acceptors (Lipinski definition) is 8. The summed E-state index contributed by atoms with van der Waals surface area (Å²) in [5, 5.41) is 5.36. The van der Waals surface area contributed by atoms with Gasteiger partial charge in [-0.3, -0.25) is 19.1 Å². The first-order chi connectivity index (χ1) is 19.1. The van der Waals surface area contributed by atoms with Gasteiger partial charge >= 0.3 is 17.7 Å². The van der Waals surface area contributed by atoms with Gasteiger partial charge in [0, 0.05) is 41.8 Å². The summed E-state index contributed by atoms with van der Waals surface area (Å²) in [5.41, 5.74) is 1.39. The molecule has 220 valence electrons. The van der Waals surface area contributed by atoms with Crippen molar-refractivity contribution >= 4 is 12.0 Å². The Hall–Kier alpha value is -4.62. The monoisotopic (exact) mass is 573 g/mol. The summed E-state index contributed by atoms with van der Waals surface area (Å²) >= 11 is 0. The number of nitrogens with one attached hydrogen (secondary N) is 3. The summed E-state index contributed by atoms with van der Waals surface area (Å²) in [7, 11) is 0. The first-order valence-corrected chi connectivity index (χ1v) is 12.7. The number of hydrogen-bond donors (Lipinski definition) is 3. The third-order valence-corrected chi connectivity index (χ3v) is 5.87. The molecule has 14 heteroatoms. The number of ether oxygens (including phenoxy) is 1. The molecule has 0 atom stereocenters. The van der Waals surface area contributed by atoms with Gasteiger partial charge in [0.2, 0.25) is 11.8 Å².